The predicted molar refractivity (Wildman–Crippen MR) is 73.9 cm³/mol. The fourth-order valence-electron chi connectivity index (χ4n) is 2.65. The van der Waals surface area contributed by atoms with Crippen LogP contribution in [0.25, 0.3) is 0 Å². The second-order valence-electron chi connectivity index (χ2n) is 5.54. The molecule has 1 fully saturated rings. The van der Waals surface area contributed by atoms with Crippen molar-refractivity contribution in [3.63, 3.8) is 0 Å². The smallest absolute Gasteiger partial charge is 0.339 e. The molecule has 1 aromatic rings. The Morgan fingerprint density at radius 2 is 2.00 bits per heavy atom. The van der Waals surface area contributed by atoms with Crippen LogP contribution in [0.2, 0.25) is 0 Å². The van der Waals surface area contributed by atoms with Gasteiger partial charge in [-0.1, -0.05) is 13.8 Å². The SMILES string of the molecule is CCc1oc(C(=O)NC2CCC(C)CC2)cc1C(=O)O. The second kappa shape index (κ2) is 6.11. The predicted octanol–water partition coefficient (Wildman–Crippen LogP) is 2.85. The minimum absolute atomic E-state index is 0.0786. The summed E-state index contributed by atoms with van der Waals surface area (Å²) in [5.74, 6) is -0.210. The van der Waals surface area contributed by atoms with Crippen LogP contribution in [0.5, 0.6) is 0 Å². The number of hydrogen-bond acceptors (Lipinski definition) is 3. The van der Waals surface area contributed by atoms with E-state index >= 15 is 0 Å². The lowest BCUT2D eigenvalue weighted by atomic mass is 9.87. The minimum Gasteiger partial charge on any atom is -0.478 e. The van der Waals surface area contributed by atoms with E-state index < -0.39 is 5.97 Å². The molecular formula is C15H21NO4. The molecule has 1 amide bonds. The highest BCUT2D eigenvalue weighted by atomic mass is 16.4. The van der Waals surface area contributed by atoms with Crippen LogP contribution in [0, 0.1) is 5.92 Å². The third kappa shape index (κ3) is 3.21. The van der Waals surface area contributed by atoms with E-state index in [1.54, 1.807) is 6.92 Å². The quantitative estimate of drug-likeness (QED) is 0.888. The van der Waals surface area contributed by atoms with Crippen LogP contribution in [0.1, 0.15) is 66.2 Å². The molecule has 1 aliphatic carbocycles. The Kier molecular flexibility index (Phi) is 4.47. The van der Waals surface area contributed by atoms with Gasteiger partial charge in [0.05, 0.1) is 0 Å². The van der Waals surface area contributed by atoms with E-state index in [1.165, 1.54) is 6.07 Å². The molecule has 0 bridgehead atoms. The van der Waals surface area contributed by atoms with Gasteiger partial charge in [0.15, 0.2) is 5.76 Å². The van der Waals surface area contributed by atoms with Crippen molar-refractivity contribution in [2.45, 2.75) is 52.0 Å². The zero-order valence-electron chi connectivity index (χ0n) is 11.9. The van der Waals surface area contributed by atoms with Gasteiger partial charge < -0.3 is 14.8 Å². The molecule has 0 radical (unpaired) electrons. The lowest BCUT2D eigenvalue weighted by Gasteiger charge is -2.26. The van der Waals surface area contributed by atoms with Gasteiger partial charge in [-0.3, -0.25) is 4.79 Å². The molecule has 0 spiro atoms. The van der Waals surface area contributed by atoms with Crippen LogP contribution < -0.4 is 5.32 Å². The van der Waals surface area contributed by atoms with Crippen LogP contribution in [0.3, 0.4) is 0 Å². The number of carboxylic acid groups (broad SMARTS) is 1. The fraction of sp³-hybridized carbons (Fsp3) is 0.600. The number of aromatic carboxylic acids is 1. The van der Waals surface area contributed by atoms with Crippen molar-refractivity contribution in [1.29, 1.82) is 0 Å². The van der Waals surface area contributed by atoms with Crippen LogP contribution in [0.15, 0.2) is 10.5 Å². The maximum absolute atomic E-state index is 12.1. The van der Waals surface area contributed by atoms with Gasteiger partial charge in [0, 0.05) is 18.5 Å². The first-order valence-corrected chi connectivity index (χ1v) is 7.18. The number of nitrogens with one attached hydrogen (secondary N) is 1. The Morgan fingerprint density at radius 1 is 1.35 bits per heavy atom. The highest BCUT2D eigenvalue weighted by Crippen LogP contribution is 2.24. The van der Waals surface area contributed by atoms with Crippen LogP contribution in [0.4, 0.5) is 0 Å². The Bertz CT molecular complexity index is 498. The first-order chi connectivity index (χ1) is 9.51. The number of aryl methyl sites for hydroxylation is 1. The molecule has 0 unspecified atom stereocenters. The third-order valence-electron chi connectivity index (χ3n) is 3.94. The van der Waals surface area contributed by atoms with E-state index in [1.807, 2.05) is 0 Å². The van der Waals surface area contributed by atoms with Crippen LogP contribution in [-0.4, -0.2) is 23.0 Å². The average molecular weight is 279 g/mol. The van der Waals surface area contributed by atoms with E-state index in [-0.39, 0.29) is 23.3 Å². The lowest BCUT2D eigenvalue weighted by molar-refractivity contribution is 0.0694. The van der Waals surface area contributed by atoms with Crippen molar-refractivity contribution in [1.82, 2.24) is 5.32 Å². The molecule has 0 aliphatic heterocycles. The molecule has 1 heterocycles. The van der Waals surface area contributed by atoms with E-state index in [2.05, 4.69) is 12.2 Å². The molecule has 2 N–H and O–H groups in total. The third-order valence-corrected chi connectivity index (χ3v) is 3.94. The zero-order valence-corrected chi connectivity index (χ0v) is 11.9. The summed E-state index contributed by atoms with van der Waals surface area (Å²) in [6.07, 6.45) is 4.63. The molecule has 20 heavy (non-hydrogen) atoms. The summed E-state index contributed by atoms with van der Waals surface area (Å²) < 4.78 is 5.36. The number of rotatable bonds is 4. The van der Waals surface area contributed by atoms with Crippen molar-refractivity contribution in [3.8, 4) is 0 Å². The zero-order chi connectivity index (χ0) is 14.7. The van der Waals surface area contributed by atoms with Crippen molar-refractivity contribution in [2.24, 2.45) is 5.92 Å². The number of amides is 1. The van der Waals surface area contributed by atoms with E-state index in [0.29, 0.717) is 12.2 Å². The van der Waals surface area contributed by atoms with Gasteiger partial charge in [0.25, 0.3) is 5.91 Å². The highest BCUT2D eigenvalue weighted by molar-refractivity contribution is 5.96. The number of carbonyl (C=O) groups is 2. The Balaban J connectivity index is 2.04. The molecule has 0 atom stereocenters. The molecule has 1 aliphatic rings. The van der Waals surface area contributed by atoms with Crippen molar-refractivity contribution < 1.29 is 19.1 Å². The van der Waals surface area contributed by atoms with Crippen LogP contribution in [-0.2, 0) is 6.42 Å². The molecular weight excluding hydrogens is 258 g/mol. The summed E-state index contributed by atoms with van der Waals surface area (Å²) in [7, 11) is 0. The molecule has 0 aromatic carbocycles. The van der Waals surface area contributed by atoms with Gasteiger partial charge in [0.2, 0.25) is 0 Å². The van der Waals surface area contributed by atoms with Gasteiger partial charge in [-0.15, -0.1) is 0 Å². The highest BCUT2D eigenvalue weighted by Gasteiger charge is 2.24. The topological polar surface area (TPSA) is 79.5 Å². The average Bonchev–Trinajstić information content (AvgIpc) is 2.86. The minimum atomic E-state index is -1.06. The maximum Gasteiger partial charge on any atom is 0.339 e. The summed E-state index contributed by atoms with van der Waals surface area (Å²) in [4.78, 5) is 23.2. The summed E-state index contributed by atoms with van der Waals surface area (Å²) in [5, 5.41) is 12.0. The number of carboxylic acids is 1. The second-order valence-corrected chi connectivity index (χ2v) is 5.54. The molecule has 5 heteroatoms. The standard InChI is InChI=1S/C15H21NO4/c1-3-12-11(15(18)19)8-13(20-12)14(17)16-10-6-4-9(2)5-7-10/h8-10H,3-7H2,1-2H3,(H,16,17)(H,18,19). The first-order valence-electron chi connectivity index (χ1n) is 7.18. The van der Waals surface area contributed by atoms with Crippen LogP contribution >= 0.6 is 0 Å². The van der Waals surface area contributed by atoms with E-state index in [9.17, 15) is 9.59 Å². The Hall–Kier alpha value is -1.78. The van der Waals surface area contributed by atoms with E-state index in [4.69, 9.17) is 9.52 Å². The molecule has 110 valence electrons. The Morgan fingerprint density at radius 3 is 2.50 bits per heavy atom. The largest absolute Gasteiger partial charge is 0.478 e. The number of hydrogen-bond donors (Lipinski definition) is 2. The fourth-order valence-corrected chi connectivity index (χ4v) is 2.65. The van der Waals surface area contributed by atoms with Gasteiger partial charge >= 0.3 is 5.97 Å². The molecule has 2 rings (SSSR count). The molecule has 5 nitrogen and oxygen atoms in total. The normalized spacial score (nSPS) is 22.5. The summed E-state index contributed by atoms with van der Waals surface area (Å²) >= 11 is 0. The Labute approximate surface area is 118 Å². The van der Waals surface area contributed by atoms with E-state index in [0.717, 1.165) is 31.6 Å². The van der Waals surface area contributed by atoms with Gasteiger partial charge in [-0.05, 0) is 31.6 Å². The lowest BCUT2D eigenvalue weighted by Crippen LogP contribution is -2.37. The van der Waals surface area contributed by atoms with Crippen molar-refractivity contribution in [2.75, 3.05) is 0 Å². The maximum atomic E-state index is 12.1. The molecule has 0 saturated heterocycles. The molecule has 1 saturated carbocycles. The van der Waals surface area contributed by atoms with Crippen molar-refractivity contribution >= 4 is 11.9 Å². The monoisotopic (exact) mass is 279 g/mol. The van der Waals surface area contributed by atoms with Gasteiger partial charge in [-0.2, -0.15) is 0 Å². The summed E-state index contributed by atoms with van der Waals surface area (Å²) in [6, 6.07) is 1.49. The first kappa shape index (κ1) is 14.6. The van der Waals surface area contributed by atoms with Gasteiger partial charge in [0.1, 0.15) is 11.3 Å². The summed E-state index contributed by atoms with van der Waals surface area (Å²) in [6.45, 7) is 4.02. The van der Waals surface area contributed by atoms with Gasteiger partial charge in [-0.25, -0.2) is 4.79 Å². The molecule has 1 aromatic heterocycles. The van der Waals surface area contributed by atoms with Crippen molar-refractivity contribution in [3.05, 3.63) is 23.2 Å². The number of carbonyl (C=O) groups excluding carboxylic acids is 1. The summed E-state index contributed by atoms with van der Waals surface area (Å²) in [5.41, 5.74) is 0.0786. The number of furan rings is 1.